The number of hydrogen-bond donors (Lipinski definition) is 2. The van der Waals surface area contributed by atoms with Gasteiger partial charge < -0.3 is 20.1 Å². The highest BCUT2D eigenvalue weighted by atomic mass is 16.5. The van der Waals surface area contributed by atoms with Crippen LogP contribution in [0.3, 0.4) is 0 Å². The molecule has 0 heterocycles. The predicted octanol–water partition coefficient (Wildman–Crippen LogP) is 3.23. The molecule has 0 saturated carbocycles. The Morgan fingerprint density at radius 3 is 2.42 bits per heavy atom. The third kappa shape index (κ3) is 5.41. The van der Waals surface area contributed by atoms with Gasteiger partial charge in [0.2, 0.25) is 0 Å². The first kappa shape index (κ1) is 19.6. The van der Waals surface area contributed by atoms with E-state index in [1.54, 1.807) is 21.3 Å². The number of nitrogens with zero attached hydrogens (tertiary/aromatic N) is 1. The minimum absolute atomic E-state index is 0.654. The largest absolute Gasteiger partial charge is 0.496 e. The van der Waals surface area contributed by atoms with Crippen LogP contribution >= 0.6 is 0 Å². The van der Waals surface area contributed by atoms with Gasteiger partial charge in [0.15, 0.2) is 5.96 Å². The zero-order valence-corrected chi connectivity index (χ0v) is 16.3. The van der Waals surface area contributed by atoms with Crippen LogP contribution in [0.1, 0.15) is 22.3 Å². The van der Waals surface area contributed by atoms with Crippen LogP contribution < -0.4 is 20.1 Å². The monoisotopic (exact) mass is 355 g/mol. The van der Waals surface area contributed by atoms with E-state index in [2.05, 4.69) is 52.9 Å². The molecule has 0 saturated heterocycles. The van der Waals surface area contributed by atoms with Gasteiger partial charge in [-0.1, -0.05) is 24.3 Å². The van der Waals surface area contributed by atoms with Gasteiger partial charge >= 0.3 is 0 Å². The fraction of sp³-hybridized carbons (Fsp3) is 0.381. The second-order valence-corrected chi connectivity index (χ2v) is 6.22. The molecule has 2 aromatic rings. The molecule has 0 aliphatic heterocycles. The number of methoxy groups -OCH3 is 2. The van der Waals surface area contributed by atoms with Crippen molar-refractivity contribution in [3.8, 4) is 11.5 Å². The van der Waals surface area contributed by atoms with Crippen LogP contribution in [0.2, 0.25) is 0 Å². The van der Waals surface area contributed by atoms with Gasteiger partial charge in [-0.05, 0) is 49.1 Å². The van der Waals surface area contributed by atoms with Crippen molar-refractivity contribution in [2.75, 3.05) is 27.8 Å². The second-order valence-electron chi connectivity index (χ2n) is 6.22. The molecule has 2 N–H and O–H groups in total. The highest BCUT2D eigenvalue weighted by molar-refractivity contribution is 5.79. The van der Waals surface area contributed by atoms with Gasteiger partial charge in [0, 0.05) is 25.7 Å². The third-order valence-corrected chi connectivity index (χ3v) is 4.29. The van der Waals surface area contributed by atoms with Crippen LogP contribution in [-0.2, 0) is 13.0 Å². The zero-order valence-electron chi connectivity index (χ0n) is 16.3. The number of guanidine groups is 1. The van der Waals surface area contributed by atoms with Crippen molar-refractivity contribution in [3.05, 3.63) is 58.7 Å². The highest BCUT2D eigenvalue weighted by Crippen LogP contribution is 2.20. The first-order valence-corrected chi connectivity index (χ1v) is 8.79. The molecule has 0 atom stereocenters. The summed E-state index contributed by atoms with van der Waals surface area (Å²) < 4.78 is 10.8. The van der Waals surface area contributed by atoms with E-state index >= 15 is 0 Å². The average molecular weight is 355 g/mol. The minimum atomic E-state index is 0.654. The van der Waals surface area contributed by atoms with Gasteiger partial charge in [-0.3, -0.25) is 4.99 Å². The molecule has 0 aliphatic carbocycles. The third-order valence-electron chi connectivity index (χ3n) is 4.29. The number of nitrogens with one attached hydrogen (secondary N) is 2. The van der Waals surface area contributed by atoms with E-state index in [1.807, 2.05) is 13.0 Å². The first-order valence-electron chi connectivity index (χ1n) is 8.79. The summed E-state index contributed by atoms with van der Waals surface area (Å²) in [4.78, 5) is 4.28. The van der Waals surface area contributed by atoms with Gasteiger partial charge in [0.1, 0.15) is 11.5 Å². The van der Waals surface area contributed by atoms with Gasteiger partial charge in [-0.2, -0.15) is 0 Å². The van der Waals surface area contributed by atoms with Crippen LogP contribution in [0, 0.1) is 13.8 Å². The topological polar surface area (TPSA) is 54.9 Å². The zero-order chi connectivity index (χ0) is 18.9. The van der Waals surface area contributed by atoms with E-state index in [-0.39, 0.29) is 0 Å². The Labute approximate surface area is 156 Å². The molecule has 0 aromatic heterocycles. The molecular weight excluding hydrogens is 326 g/mol. The fourth-order valence-corrected chi connectivity index (χ4v) is 2.74. The molecule has 0 radical (unpaired) electrons. The molecule has 2 aromatic carbocycles. The summed E-state index contributed by atoms with van der Waals surface area (Å²) in [7, 11) is 5.17. The van der Waals surface area contributed by atoms with Crippen molar-refractivity contribution in [2.45, 2.75) is 26.8 Å². The molecule has 0 unspecified atom stereocenters. The molecule has 0 amide bonds. The maximum atomic E-state index is 5.45. The van der Waals surface area contributed by atoms with Gasteiger partial charge in [0.25, 0.3) is 0 Å². The normalized spacial score (nSPS) is 11.2. The number of ether oxygens (including phenoxy) is 2. The number of aryl methyl sites for hydroxylation is 2. The Morgan fingerprint density at radius 2 is 1.73 bits per heavy atom. The average Bonchev–Trinajstić information content (AvgIpc) is 2.66. The SMILES string of the molecule is CN=C(NCCc1ccc(C)c(OC)c1)NCc1ccc(C)cc1OC. The Bertz CT molecular complexity index is 757. The quantitative estimate of drug-likeness (QED) is 0.591. The maximum Gasteiger partial charge on any atom is 0.191 e. The molecule has 140 valence electrons. The molecule has 0 fully saturated rings. The molecular formula is C21H29N3O2. The second kappa shape index (κ2) is 9.70. The molecule has 0 bridgehead atoms. The van der Waals surface area contributed by atoms with E-state index in [4.69, 9.17) is 9.47 Å². The van der Waals surface area contributed by atoms with Crippen molar-refractivity contribution in [1.82, 2.24) is 10.6 Å². The Balaban J connectivity index is 1.86. The minimum Gasteiger partial charge on any atom is -0.496 e. The lowest BCUT2D eigenvalue weighted by atomic mass is 10.1. The van der Waals surface area contributed by atoms with Crippen LogP contribution in [0.25, 0.3) is 0 Å². The van der Waals surface area contributed by atoms with Crippen LogP contribution in [0.4, 0.5) is 0 Å². The molecule has 0 aliphatic rings. The van der Waals surface area contributed by atoms with Gasteiger partial charge in [-0.15, -0.1) is 0 Å². The lowest BCUT2D eigenvalue weighted by molar-refractivity contribution is 0.408. The standard InChI is InChI=1S/C21H29N3O2/c1-15-6-9-18(20(12-15)26-5)14-24-21(22-3)23-11-10-17-8-7-16(2)19(13-17)25-4/h6-9,12-13H,10-11,14H2,1-5H3,(H2,22,23,24). The predicted molar refractivity (Wildman–Crippen MR) is 107 cm³/mol. The number of aliphatic imine (C=N–C) groups is 1. The van der Waals surface area contributed by atoms with Crippen LogP contribution in [-0.4, -0.2) is 33.8 Å². The van der Waals surface area contributed by atoms with Crippen molar-refractivity contribution in [1.29, 1.82) is 0 Å². The molecule has 26 heavy (non-hydrogen) atoms. The Morgan fingerprint density at radius 1 is 0.962 bits per heavy atom. The van der Waals surface area contributed by atoms with Gasteiger partial charge in [0.05, 0.1) is 14.2 Å². The van der Waals surface area contributed by atoms with E-state index in [0.717, 1.165) is 41.6 Å². The molecule has 0 spiro atoms. The molecule has 5 nitrogen and oxygen atoms in total. The van der Waals surface area contributed by atoms with E-state index in [0.29, 0.717) is 6.54 Å². The lowest BCUT2D eigenvalue weighted by Crippen LogP contribution is -2.37. The van der Waals surface area contributed by atoms with Gasteiger partial charge in [-0.25, -0.2) is 0 Å². The van der Waals surface area contributed by atoms with E-state index in [1.165, 1.54) is 11.1 Å². The fourth-order valence-electron chi connectivity index (χ4n) is 2.74. The number of rotatable bonds is 7. The maximum absolute atomic E-state index is 5.45. The molecule has 5 heteroatoms. The summed E-state index contributed by atoms with van der Waals surface area (Å²) in [5, 5.41) is 6.68. The summed E-state index contributed by atoms with van der Waals surface area (Å²) in [6.45, 7) is 5.55. The smallest absolute Gasteiger partial charge is 0.191 e. The van der Waals surface area contributed by atoms with Crippen molar-refractivity contribution < 1.29 is 9.47 Å². The number of hydrogen-bond acceptors (Lipinski definition) is 3. The highest BCUT2D eigenvalue weighted by Gasteiger charge is 2.05. The summed E-state index contributed by atoms with van der Waals surface area (Å²) in [6.07, 6.45) is 0.894. The molecule has 2 rings (SSSR count). The van der Waals surface area contributed by atoms with E-state index < -0.39 is 0 Å². The van der Waals surface area contributed by atoms with E-state index in [9.17, 15) is 0 Å². The van der Waals surface area contributed by atoms with Crippen LogP contribution in [0.15, 0.2) is 41.4 Å². The lowest BCUT2D eigenvalue weighted by Gasteiger charge is -2.14. The van der Waals surface area contributed by atoms with Crippen molar-refractivity contribution in [2.24, 2.45) is 4.99 Å². The summed E-state index contributed by atoms with van der Waals surface area (Å²) >= 11 is 0. The summed E-state index contributed by atoms with van der Waals surface area (Å²) in [5.41, 5.74) is 4.66. The summed E-state index contributed by atoms with van der Waals surface area (Å²) in [5.74, 6) is 2.59. The Kier molecular flexibility index (Phi) is 7.33. The summed E-state index contributed by atoms with van der Waals surface area (Å²) in [6, 6.07) is 12.5. The van der Waals surface area contributed by atoms with Crippen molar-refractivity contribution >= 4 is 5.96 Å². The first-order chi connectivity index (χ1) is 12.6. The van der Waals surface area contributed by atoms with Crippen molar-refractivity contribution in [3.63, 3.8) is 0 Å². The number of benzene rings is 2. The Hall–Kier alpha value is -2.69. The van der Waals surface area contributed by atoms with Crippen LogP contribution in [0.5, 0.6) is 11.5 Å².